The Balaban J connectivity index is 1.38. The fourth-order valence-corrected chi connectivity index (χ4v) is 4.27. The molecule has 3 heterocycles. The molecule has 1 fully saturated rings. The van der Waals surface area contributed by atoms with E-state index in [1.165, 1.54) is 6.33 Å². The second kappa shape index (κ2) is 8.78. The number of nitriles is 1. The Morgan fingerprint density at radius 1 is 1.09 bits per heavy atom. The number of fused-ring (bicyclic) bond motifs is 1. The average molecular weight is 446 g/mol. The highest BCUT2D eigenvalue weighted by Gasteiger charge is 2.24. The van der Waals surface area contributed by atoms with E-state index in [0.717, 1.165) is 43.8 Å². The molecular weight excluding hydrogens is 426 g/mol. The number of nitrogens with one attached hydrogen (secondary N) is 3. The van der Waals surface area contributed by atoms with Gasteiger partial charge in [-0.2, -0.15) is 5.26 Å². The van der Waals surface area contributed by atoms with E-state index in [1.54, 1.807) is 18.5 Å². The van der Waals surface area contributed by atoms with Gasteiger partial charge in [-0.05, 0) is 43.9 Å². The van der Waals surface area contributed by atoms with Gasteiger partial charge in [-0.15, -0.1) is 0 Å². The number of aromatic nitrogens is 5. The predicted octanol–water partition coefficient (Wildman–Crippen LogP) is 4.40. The van der Waals surface area contributed by atoms with Crippen molar-refractivity contribution in [1.29, 1.82) is 5.26 Å². The van der Waals surface area contributed by atoms with Gasteiger partial charge in [-0.25, -0.2) is 28.7 Å². The second-order valence-electron chi connectivity index (χ2n) is 8.03. The van der Waals surface area contributed by atoms with Crippen LogP contribution in [0.5, 0.6) is 0 Å². The quantitative estimate of drug-likeness (QED) is 0.416. The third-order valence-electron chi connectivity index (χ3n) is 5.80. The summed E-state index contributed by atoms with van der Waals surface area (Å²) in [6.45, 7) is 0. The summed E-state index contributed by atoms with van der Waals surface area (Å²) in [4.78, 5) is 19.5. The summed E-state index contributed by atoms with van der Waals surface area (Å²) >= 11 is 0. The molecule has 5 rings (SSSR count). The predicted molar refractivity (Wildman–Crippen MR) is 119 cm³/mol. The molecule has 10 heteroatoms. The van der Waals surface area contributed by atoms with Gasteiger partial charge in [-0.1, -0.05) is 0 Å². The molecule has 3 N–H and O–H groups in total. The number of H-pyrrole nitrogens is 1. The zero-order valence-electron chi connectivity index (χ0n) is 17.5. The Kier molecular flexibility index (Phi) is 5.52. The third kappa shape index (κ3) is 4.30. The van der Waals surface area contributed by atoms with E-state index >= 15 is 0 Å². The number of halogens is 2. The van der Waals surface area contributed by atoms with Crippen molar-refractivity contribution in [3.8, 4) is 17.5 Å². The highest BCUT2D eigenvalue weighted by molar-refractivity contribution is 5.95. The molecule has 0 amide bonds. The molecule has 166 valence electrons. The normalized spacial score (nSPS) is 18.1. The van der Waals surface area contributed by atoms with E-state index in [4.69, 9.17) is 5.26 Å². The third-order valence-corrected chi connectivity index (χ3v) is 5.80. The van der Waals surface area contributed by atoms with Crippen LogP contribution in [-0.4, -0.2) is 37.0 Å². The molecule has 33 heavy (non-hydrogen) atoms. The minimum atomic E-state index is -0.562. The lowest BCUT2D eigenvalue weighted by atomic mass is 9.91. The number of aromatic amines is 1. The Hall–Kier alpha value is -4.13. The lowest BCUT2D eigenvalue weighted by Gasteiger charge is -2.31. The number of nitrogens with zero attached hydrogens (tertiary/aromatic N) is 5. The second-order valence-corrected chi connectivity index (χ2v) is 8.03. The lowest BCUT2D eigenvalue weighted by molar-refractivity contribution is 0.424. The number of anilines is 2. The Labute approximate surface area is 188 Å². The summed E-state index contributed by atoms with van der Waals surface area (Å²) in [5.74, 6) is -0.00641. The molecule has 0 aliphatic heterocycles. The van der Waals surface area contributed by atoms with E-state index in [9.17, 15) is 8.78 Å². The van der Waals surface area contributed by atoms with Gasteiger partial charge < -0.3 is 15.6 Å². The van der Waals surface area contributed by atoms with Crippen molar-refractivity contribution in [2.75, 3.05) is 10.6 Å². The Morgan fingerprint density at radius 3 is 2.73 bits per heavy atom. The van der Waals surface area contributed by atoms with Crippen molar-refractivity contribution >= 4 is 22.5 Å². The summed E-state index contributed by atoms with van der Waals surface area (Å²) in [5, 5.41) is 16.2. The molecular formula is C23H20F2N8. The first-order chi connectivity index (χ1) is 16.1. The van der Waals surface area contributed by atoms with Crippen molar-refractivity contribution in [3.05, 3.63) is 60.3 Å². The summed E-state index contributed by atoms with van der Waals surface area (Å²) in [5.41, 5.74) is 0.930. The molecule has 0 saturated heterocycles. The lowest BCUT2D eigenvalue weighted by Crippen LogP contribution is -2.35. The topological polar surface area (TPSA) is 115 Å². The van der Waals surface area contributed by atoms with Gasteiger partial charge in [0, 0.05) is 35.4 Å². The molecule has 1 saturated carbocycles. The zero-order valence-corrected chi connectivity index (χ0v) is 17.5. The Bertz CT molecular complexity index is 1330. The van der Waals surface area contributed by atoms with Crippen LogP contribution in [0.2, 0.25) is 0 Å². The van der Waals surface area contributed by atoms with Crippen molar-refractivity contribution in [2.45, 2.75) is 37.8 Å². The van der Waals surface area contributed by atoms with Crippen LogP contribution in [0.1, 0.15) is 31.2 Å². The fraction of sp³-hybridized carbons (Fsp3) is 0.261. The highest BCUT2D eigenvalue weighted by atomic mass is 19.1. The van der Waals surface area contributed by atoms with Crippen LogP contribution in [-0.2, 0) is 0 Å². The van der Waals surface area contributed by atoms with Crippen molar-refractivity contribution in [2.24, 2.45) is 0 Å². The van der Waals surface area contributed by atoms with Crippen LogP contribution in [0.3, 0.4) is 0 Å². The van der Waals surface area contributed by atoms with Gasteiger partial charge in [0.05, 0.1) is 23.3 Å². The number of rotatable bonds is 5. The summed E-state index contributed by atoms with van der Waals surface area (Å²) in [6, 6.07) is 6.69. The van der Waals surface area contributed by atoms with Crippen LogP contribution >= 0.6 is 0 Å². The maximum absolute atomic E-state index is 14.6. The molecule has 0 bridgehead atoms. The summed E-state index contributed by atoms with van der Waals surface area (Å²) in [6.07, 6.45) is 9.45. The SMILES string of the molecule is N#Cc1cc(F)c2[nH]cc(-c3ncc(F)c(N[C@@H]4CCC[C@H](Nc5ccncn5)C4)n3)c2c1. The molecule has 0 spiro atoms. The number of benzene rings is 1. The molecule has 8 nitrogen and oxygen atoms in total. The molecule has 1 aliphatic rings. The molecule has 0 radical (unpaired) electrons. The van der Waals surface area contributed by atoms with Gasteiger partial charge >= 0.3 is 0 Å². The van der Waals surface area contributed by atoms with Crippen LogP contribution in [0.15, 0.2) is 43.1 Å². The number of hydrogen-bond donors (Lipinski definition) is 3. The molecule has 2 atom stereocenters. The summed E-state index contributed by atoms with van der Waals surface area (Å²) < 4.78 is 28.9. The van der Waals surface area contributed by atoms with Crippen LogP contribution in [0.25, 0.3) is 22.3 Å². The van der Waals surface area contributed by atoms with Gasteiger partial charge in [-0.3, -0.25) is 0 Å². The van der Waals surface area contributed by atoms with Crippen LogP contribution in [0, 0.1) is 23.0 Å². The highest BCUT2D eigenvalue weighted by Crippen LogP contribution is 2.31. The molecule has 0 unspecified atom stereocenters. The van der Waals surface area contributed by atoms with E-state index in [1.807, 2.05) is 12.1 Å². The monoisotopic (exact) mass is 446 g/mol. The molecule has 4 aromatic rings. The van der Waals surface area contributed by atoms with E-state index in [0.29, 0.717) is 10.9 Å². The van der Waals surface area contributed by atoms with Crippen LogP contribution in [0.4, 0.5) is 20.4 Å². The minimum absolute atomic E-state index is 0.0148. The van der Waals surface area contributed by atoms with E-state index in [2.05, 4.69) is 35.6 Å². The average Bonchev–Trinajstić information content (AvgIpc) is 3.26. The maximum Gasteiger partial charge on any atom is 0.183 e. The van der Waals surface area contributed by atoms with Crippen molar-refractivity contribution in [3.63, 3.8) is 0 Å². The molecule has 1 aromatic carbocycles. The van der Waals surface area contributed by atoms with Gasteiger partial charge in [0.25, 0.3) is 0 Å². The van der Waals surface area contributed by atoms with E-state index in [-0.39, 0.29) is 34.8 Å². The maximum atomic E-state index is 14.6. The van der Waals surface area contributed by atoms with Crippen LogP contribution < -0.4 is 10.6 Å². The smallest absolute Gasteiger partial charge is 0.183 e. The van der Waals surface area contributed by atoms with Crippen molar-refractivity contribution < 1.29 is 8.78 Å². The van der Waals surface area contributed by atoms with Gasteiger partial charge in [0.15, 0.2) is 17.5 Å². The van der Waals surface area contributed by atoms with E-state index < -0.39 is 11.6 Å². The van der Waals surface area contributed by atoms with Gasteiger partial charge in [0.1, 0.15) is 18.0 Å². The largest absolute Gasteiger partial charge is 0.367 e. The van der Waals surface area contributed by atoms with Gasteiger partial charge in [0.2, 0.25) is 0 Å². The standard InChI is InChI=1S/C23H20F2N8/c24-18-7-13(9-26)6-16-17(10-28-21(16)18)22-29-11-19(25)23(33-22)32-15-3-1-2-14(8-15)31-20-4-5-27-12-30-20/h4-7,10-12,14-15,28H,1-3,8H2,(H,27,30,31)(H,29,32,33)/t14-,15+/m0/s1. The zero-order chi connectivity index (χ0) is 22.8. The first-order valence-corrected chi connectivity index (χ1v) is 10.6. The minimum Gasteiger partial charge on any atom is -0.367 e. The molecule has 3 aromatic heterocycles. The summed E-state index contributed by atoms with van der Waals surface area (Å²) in [7, 11) is 0. The first-order valence-electron chi connectivity index (χ1n) is 10.6. The fourth-order valence-electron chi connectivity index (χ4n) is 4.27. The Morgan fingerprint density at radius 2 is 1.94 bits per heavy atom. The first kappa shape index (κ1) is 20.8. The molecule has 1 aliphatic carbocycles. The number of hydrogen-bond acceptors (Lipinski definition) is 7. The van der Waals surface area contributed by atoms with Crippen molar-refractivity contribution in [1.82, 2.24) is 24.9 Å².